The van der Waals surface area contributed by atoms with Gasteiger partial charge in [0, 0.05) is 31.9 Å². The van der Waals surface area contributed by atoms with Crippen LogP contribution in [0.5, 0.6) is 0 Å². The molecule has 1 aliphatic carbocycles. The van der Waals surface area contributed by atoms with Gasteiger partial charge in [0.1, 0.15) is 5.82 Å². The van der Waals surface area contributed by atoms with Gasteiger partial charge in [-0.2, -0.15) is 0 Å². The summed E-state index contributed by atoms with van der Waals surface area (Å²) in [6.45, 7) is 4.44. The average molecular weight is 288 g/mol. The van der Waals surface area contributed by atoms with Gasteiger partial charge in [0.15, 0.2) is 0 Å². The topological polar surface area (TPSA) is 50.3 Å². The number of hydrogen-bond acceptors (Lipinski definition) is 5. The van der Waals surface area contributed by atoms with Crippen molar-refractivity contribution < 1.29 is 4.74 Å². The van der Waals surface area contributed by atoms with Crippen LogP contribution in [-0.4, -0.2) is 52.8 Å². The third kappa shape index (κ3) is 3.19. The van der Waals surface area contributed by atoms with E-state index in [-0.39, 0.29) is 5.60 Å². The maximum Gasteiger partial charge on any atom is 0.144 e. The lowest BCUT2D eigenvalue weighted by atomic mass is 9.88. The van der Waals surface area contributed by atoms with E-state index in [1.807, 2.05) is 0 Å². The van der Waals surface area contributed by atoms with Gasteiger partial charge in [-0.1, -0.05) is 0 Å². The van der Waals surface area contributed by atoms with Gasteiger partial charge in [-0.05, 0) is 38.1 Å². The van der Waals surface area contributed by atoms with Crippen LogP contribution in [0.15, 0.2) is 18.6 Å². The molecule has 5 heteroatoms. The van der Waals surface area contributed by atoms with Crippen molar-refractivity contribution in [3.05, 3.63) is 18.6 Å². The number of piperidine rings is 1. The minimum absolute atomic E-state index is 0.0764. The summed E-state index contributed by atoms with van der Waals surface area (Å²) in [7, 11) is 0. The molecule has 0 aromatic carbocycles. The smallest absolute Gasteiger partial charge is 0.144 e. The fraction of sp³-hybridized carbons (Fsp3) is 0.750. The lowest BCUT2D eigenvalue weighted by Crippen LogP contribution is -2.48. The number of aromatic nitrogens is 2. The van der Waals surface area contributed by atoms with Crippen LogP contribution in [0, 0.1) is 5.92 Å². The van der Waals surface area contributed by atoms with Crippen LogP contribution in [0.4, 0.5) is 5.82 Å². The summed E-state index contributed by atoms with van der Waals surface area (Å²) in [6, 6.07) is 0.363. The fourth-order valence-corrected chi connectivity index (χ4v) is 3.82. The molecule has 0 bridgehead atoms. The van der Waals surface area contributed by atoms with Crippen LogP contribution in [0.1, 0.15) is 32.1 Å². The maximum absolute atomic E-state index is 6.25. The molecule has 5 nitrogen and oxygen atoms in total. The summed E-state index contributed by atoms with van der Waals surface area (Å²) < 4.78 is 6.25. The number of rotatable bonds is 4. The molecule has 0 amide bonds. The zero-order valence-corrected chi connectivity index (χ0v) is 12.5. The second-order valence-corrected chi connectivity index (χ2v) is 6.91. The van der Waals surface area contributed by atoms with Crippen LogP contribution in [0.25, 0.3) is 0 Å². The molecular weight excluding hydrogens is 264 g/mol. The zero-order chi connectivity index (χ0) is 14.1. The molecule has 1 spiro atoms. The minimum Gasteiger partial charge on any atom is -0.371 e. The van der Waals surface area contributed by atoms with Gasteiger partial charge < -0.3 is 15.0 Å². The molecule has 2 aliphatic heterocycles. The molecule has 1 aromatic rings. The Bertz CT molecular complexity index is 478. The van der Waals surface area contributed by atoms with E-state index < -0.39 is 0 Å². The van der Waals surface area contributed by atoms with Crippen LogP contribution in [0.3, 0.4) is 0 Å². The van der Waals surface area contributed by atoms with Crippen LogP contribution >= 0.6 is 0 Å². The number of anilines is 1. The third-order valence-corrected chi connectivity index (χ3v) is 4.96. The normalized spacial score (nSPS) is 33.4. The standard InChI is InChI=1S/C16H24N4O/c1-4-16(12-20(7-1)10-13-2-3-13)8-14(11-21-16)19-15-9-17-5-6-18-15/h5-6,9,13-14H,1-4,7-8,10-12H2,(H,18,19)/t14-,16+/m1/s1. The molecule has 114 valence electrons. The SMILES string of the molecule is c1cnc(N[C@H]2CO[C@@]3(CCCN(CC4CC4)C3)C2)cn1. The molecule has 4 rings (SSSR count). The maximum atomic E-state index is 6.25. The molecule has 2 saturated heterocycles. The Hall–Kier alpha value is -1.20. The van der Waals surface area contributed by atoms with Crippen molar-refractivity contribution in [2.45, 2.75) is 43.7 Å². The molecule has 0 unspecified atom stereocenters. The number of hydrogen-bond donors (Lipinski definition) is 1. The Morgan fingerprint density at radius 3 is 3.14 bits per heavy atom. The van der Waals surface area contributed by atoms with Crippen LogP contribution < -0.4 is 5.32 Å². The van der Waals surface area contributed by atoms with Gasteiger partial charge >= 0.3 is 0 Å². The highest BCUT2D eigenvalue weighted by molar-refractivity contribution is 5.32. The molecule has 2 atom stereocenters. The van der Waals surface area contributed by atoms with E-state index in [4.69, 9.17) is 4.74 Å². The molecule has 3 heterocycles. The second-order valence-electron chi connectivity index (χ2n) is 6.91. The van der Waals surface area contributed by atoms with E-state index >= 15 is 0 Å². The zero-order valence-electron chi connectivity index (χ0n) is 12.5. The number of likely N-dealkylation sites (tertiary alicyclic amines) is 1. The van der Waals surface area contributed by atoms with Crippen LogP contribution in [-0.2, 0) is 4.74 Å². The predicted octanol–water partition coefficient (Wildman–Crippen LogP) is 1.92. The summed E-state index contributed by atoms with van der Waals surface area (Å²) in [6.07, 6.45) is 11.6. The lowest BCUT2D eigenvalue weighted by molar-refractivity contribution is -0.0521. The highest BCUT2D eigenvalue weighted by Crippen LogP contribution is 2.37. The molecule has 21 heavy (non-hydrogen) atoms. The Morgan fingerprint density at radius 2 is 2.33 bits per heavy atom. The summed E-state index contributed by atoms with van der Waals surface area (Å²) in [5.74, 6) is 1.82. The van der Waals surface area contributed by atoms with Gasteiger partial charge in [0.2, 0.25) is 0 Å². The second kappa shape index (κ2) is 5.54. The monoisotopic (exact) mass is 288 g/mol. The molecule has 3 aliphatic rings. The Balaban J connectivity index is 1.35. The first-order valence-electron chi connectivity index (χ1n) is 8.20. The largest absolute Gasteiger partial charge is 0.371 e. The van der Waals surface area contributed by atoms with E-state index in [9.17, 15) is 0 Å². The highest BCUT2D eigenvalue weighted by atomic mass is 16.5. The average Bonchev–Trinajstić information content (AvgIpc) is 3.23. The Morgan fingerprint density at radius 1 is 1.38 bits per heavy atom. The summed E-state index contributed by atoms with van der Waals surface area (Å²) >= 11 is 0. The summed E-state index contributed by atoms with van der Waals surface area (Å²) in [5.41, 5.74) is 0.0764. The quantitative estimate of drug-likeness (QED) is 0.917. The molecule has 0 radical (unpaired) electrons. The van der Waals surface area contributed by atoms with Gasteiger partial charge in [-0.25, -0.2) is 4.98 Å². The van der Waals surface area contributed by atoms with E-state index in [1.165, 1.54) is 38.8 Å². The van der Waals surface area contributed by atoms with Gasteiger partial charge in [0.25, 0.3) is 0 Å². The van der Waals surface area contributed by atoms with E-state index in [0.717, 1.165) is 31.3 Å². The van der Waals surface area contributed by atoms with E-state index in [0.29, 0.717) is 6.04 Å². The number of nitrogens with one attached hydrogen (secondary N) is 1. The van der Waals surface area contributed by atoms with Crippen molar-refractivity contribution >= 4 is 5.82 Å². The minimum atomic E-state index is 0.0764. The predicted molar refractivity (Wildman–Crippen MR) is 81.1 cm³/mol. The first kappa shape index (κ1) is 13.5. The van der Waals surface area contributed by atoms with Gasteiger partial charge in [0.05, 0.1) is 24.4 Å². The molecule has 1 N–H and O–H groups in total. The third-order valence-electron chi connectivity index (χ3n) is 4.96. The van der Waals surface area contributed by atoms with Crippen LogP contribution in [0.2, 0.25) is 0 Å². The Kier molecular flexibility index (Phi) is 3.55. The van der Waals surface area contributed by atoms with E-state index in [1.54, 1.807) is 18.6 Å². The van der Waals surface area contributed by atoms with Crippen molar-refractivity contribution in [3.63, 3.8) is 0 Å². The number of ether oxygens (including phenoxy) is 1. The van der Waals surface area contributed by atoms with Crippen molar-refractivity contribution in [1.29, 1.82) is 0 Å². The molecule has 1 aromatic heterocycles. The first-order chi connectivity index (χ1) is 10.3. The fourth-order valence-electron chi connectivity index (χ4n) is 3.82. The van der Waals surface area contributed by atoms with Crippen molar-refractivity contribution in [2.75, 3.05) is 31.6 Å². The van der Waals surface area contributed by atoms with Crippen molar-refractivity contribution in [1.82, 2.24) is 14.9 Å². The first-order valence-corrected chi connectivity index (χ1v) is 8.20. The highest BCUT2D eigenvalue weighted by Gasteiger charge is 2.44. The number of nitrogens with zero attached hydrogens (tertiary/aromatic N) is 3. The molecular formula is C16H24N4O. The summed E-state index contributed by atoms with van der Waals surface area (Å²) in [4.78, 5) is 11.0. The van der Waals surface area contributed by atoms with Crippen molar-refractivity contribution in [2.24, 2.45) is 5.92 Å². The molecule has 1 saturated carbocycles. The van der Waals surface area contributed by atoms with Crippen molar-refractivity contribution in [3.8, 4) is 0 Å². The Labute approximate surface area is 126 Å². The van der Waals surface area contributed by atoms with Gasteiger partial charge in [-0.15, -0.1) is 0 Å². The molecule has 3 fully saturated rings. The lowest BCUT2D eigenvalue weighted by Gasteiger charge is -2.39. The van der Waals surface area contributed by atoms with E-state index in [2.05, 4.69) is 20.2 Å². The summed E-state index contributed by atoms with van der Waals surface area (Å²) in [5, 5.41) is 3.46. The van der Waals surface area contributed by atoms with Gasteiger partial charge in [-0.3, -0.25) is 4.98 Å².